The van der Waals surface area contributed by atoms with Gasteiger partial charge in [-0.15, -0.1) is 0 Å². The summed E-state index contributed by atoms with van der Waals surface area (Å²) in [5.41, 5.74) is -0.987. The number of rotatable bonds is 16. The van der Waals surface area contributed by atoms with E-state index in [9.17, 15) is 38.4 Å². The lowest BCUT2D eigenvalue weighted by atomic mass is 10.1. The van der Waals surface area contributed by atoms with E-state index in [4.69, 9.17) is 37.9 Å². The average Bonchev–Trinajstić information content (AvgIpc) is 0.789. The third-order valence-electron chi connectivity index (χ3n) is 16.2. The number of amides is 8. The first-order chi connectivity index (χ1) is 54.8. The Hall–Kier alpha value is -12.9. The highest BCUT2D eigenvalue weighted by atomic mass is 16.6. The van der Waals surface area contributed by atoms with Gasteiger partial charge >= 0.3 is 48.7 Å². The normalized spacial score (nSPS) is 12.0. The maximum absolute atomic E-state index is 14.7. The molecule has 0 atom stereocenters. The van der Waals surface area contributed by atoms with Crippen LogP contribution in [0.25, 0.3) is 0 Å². The minimum absolute atomic E-state index is 0.321. The maximum Gasteiger partial charge on any atom is 0.419 e. The van der Waals surface area contributed by atoms with Crippen LogP contribution in [-0.2, 0) is 37.9 Å². The van der Waals surface area contributed by atoms with Crippen LogP contribution in [0.2, 0.25) is 0 Å². The maximum atomic E-state index is 14.7. The number of ether oxygens (including phenoxy) is 8. The van der Waals surface area contributed by atoms with Gasteiger partial charge in [-0.2, -0.15) is 0 Å². The van der Waals surface area contributed by atoms with E-state index >= 15 is 0 Å². The highest BCUT2D eigenvalue weighted by Crippen LogP contribution is 2.42. The van der Waals surface area contributed by atoms with Crippen LogP contribution in [0.4, 0.5) is 129 Å². The average molecular weight is 1610 g/mol. The Kier molecular flexibility index (Phi) is 26.7. The molecule has 8 amide bonds. The Morgan fingerprint density at radius 3 is 0.297 bits per heavy atom. The molecule has 0 aliphatic heterocycles. The van der Waals surface area contributed by atoms with E-state index in [2.05, 4.69) is 0 Å². The molecule has 0 saturated carbocycles. The van der Waals surface area contributed by atoms with Crippen molar-refractivity contribution in [2.24, 2.45) is 0 Å². The molecule has 118 heavy (non-hydrogen) atoms. The molecule has 9 aromatic rings. The topological polar surface area (TPSA) is 236 Å². The van der Waals surface area contributed by atoms with E-state index in [1.807, 2.05) is 36.4 Å². The molecule has 9 rings (SSSR count). The van der Waals surface area contributed by atoms with Gasteiger partial charge in [0.1, 0.15) is 44.8 Å². The van der Waals surface area contributed by atoms with Gasteiger partial charge in [-0.3, -0.25) is 0 Å². The Labute approximate surface area is 693 Å². The Morgan fingerprint density at radius 1 is 0.144 bits per heavy atom. The van der Waals surface area contributed by atoms with Gasteiger partial charge < -0.3 is 37.9 Å². The molecule has 0 unspecified atom stereocenters. The highest BCUT2D eigenvalue weighted by Gasteiger charge is 2.36. The summed E-state index contributed by atoms with van der Waals surface area (Å²) in [6.45, 7) is 42.2. The molecule has 24 nitrogen and oxygen atoms in total. The molecule has 0 aliphatic carbocycles. The Bertz CT molecular complexity index is 4670. The van der Waals surface area contributed by atoms with Crippen LogP contribution in [0.5, 0.6) is 0 Å². The lowest BCUT2D eigenvalue weighted by Crippen LogP contribution is -2.35. The van der Waals surface area contributed by atoms with Gasteiger partial charge in [0.25, 0.3) is 0 Å². The summed E-state index contributed by atoms with van der Waals surface area (Å²) in [5, 5.41) is 0. The number of carbonyl (C=O) groups excluding carboxylic acids is 8. The first-order valence-electron chi connectivity index (χ1n) is 38.8. The van der Waals surface area contributed by atoms with Crippen molar-refractivity contribution < 1.29 is 76.3 Å². The molecule has 0 aromatic heterocycles. The molecule has 0 radical (unpaired) electrons. The Balaban J connectivity index is 1.04. The lowest BCUT2D eigenvalue weighted by molar-refractivity contribution is 0.0586. The van der Waals surface area contributed by atoms with Crippen molar-refractivity contribution in [3.63, 3.8) is 0 Å². The third-order valence-corrected chi connectivity index (χ3v) is 16.2. The number of nitrogens with zero attached hydrogens (tertiary/aromatic N) is 8. The quantitative estimate of drug-likeness (QED) is 0.0818. The minimum Gasteiger partial charge on any atom is -0.443 e. The van der Waals surface area contributed by atoms with E-state index in [0.717, 1.165) is 0 Å². The number of hydrogen-bond donors (Lipinski definition) is 0. The number of anilines is 16. The van der Waals surface area contributed by atoms with E-state index < -0.39 is 93.6 Å². The van der Waals surface area contributed by atoms with Crippen molar-refractivity contribution in [3.05, 3.63) is 231 Å². The van der Waals surface area contributed by atoms with Gasteiger partial charge in [0.2, 0.25) is 0 Å². The van der Waals surface area contributed by atoms with Gasteiger partial charge in [-0.05, 0) is 360 Å². The molecule has 9 aromatic carbocycles. The van der Waals surface area contributed by atoms with Crippen molar-refractivity contribution in [1.29, 1.82) is 0 Å². The molecule has 0 heterocycles. The number of carbonyl (C=O) groups is 8. The third kappa shape index (κ3) is 24.6. The van der Waals surface area contributed by atoms with Crippen molar-refractivity contribution in [3.8, 4) is 0 Å². The van der Waals surface area contributed by atoms with Crippen molar-refractivity contribution in [2.45, 2.75) is 211 Å². The van der Waals surface area contributed by atoms with Gasteiger partial charge in [0.15, 0.2) is 0 Å². The zero-order valence-corrected chi connectivity index (χ0v) is 72.0. The summed E-state index contributed by atoms with van der Waals surface area (Å²) in [6.07, 6.45) is -5.59. The zero-order chi connectivity index (χ0) is 87.0. The summed E-state index contributed by atoms with van der Waals surface area (Å²) in [7, 11) is 0. The van der Waals surface area contributed by atoms with Gasteiger partial charge in [-0.25, -0.2) is 77.6 Å². The van der Waals surface area contributed by atoms with E-state index in [1.165, 1.54) is 39.2 Å². The summed E-state index contributed by atoms with van der Waals surface area (Å²) < 4.78 is 47.7. The summed E-state index contributed by atoms with van der Waals surface area (Å²) >= 11 is 0. The highest BCUT2D eigenvalue weighted by molar-refractivity contribution is 6.05. The van der Waals surface area contributed by atoms with Crippen LogP contribution < -0.4 is 39.2 Å². The van der Waals surface area contributed by atoms with Crippen LogP contribution in [0.15, 0.2) is 231 Å². The minimum atomic E-state index is -0.970. The summed E-state index contributed by atoms with van der Waals surface area (Å²) in [6, 6.07) is 64.7. The molecule has 0 N–H and O–H groups in total. The zero-order valence-electron chi connectivity index (χ0n) is 72.0. The van der Waals surface area contributed by atoms with Gasteiger partial charge in [0, 0.05) is 0 Å². The predicted octanol–water partition coefficient (Wildman–Crippen LogP) is 26.3. The van der Waals surface area contributed by atoms with Crippen LogP contribution >= 0.6 is 0 Å². The van der Waals surface area contributed by atoms with E-state index in [0.29, 0.717) is 91.0 Å². The second kappa shape index (κ2) is 35.3. The van der Waals surface area contributed by atoms with Crippen LogP contribution in [0, 0.1) is 0 Å². The second-order valence-electron chi connectivity index (χ2n) is 35.8. The fourth-order valence-electron chi connectivity index (χ4n) is 11.7. The van der Waals surface area contributed by atoms with Gasteiger partial charge in [-0.1, -0.05) is 36.4 Å². The first kappa shape index (κ1) is 89.1. The summed E-state index contributed by atoms with van der Waals surface area (Å²) in [4.78, 5) is 126. The van der Waals surface area contributed by atoms with E-state index in [1.54, 1.807) is 360 Å². The fraction of sp³-hybridized carbons (Fsp3) is 0.340. The molecule has 24 heteroatoms. The number of benzene rings is 9. The SMILES string of the molecule is CC(C)(C)OC(=O)N(c1ccccc1)c1ccc(N(C(=O)OC(C)(C)C)c2ccc(N(C(=O)OC(C)(C)C)c3ccc(N(C(=O)OC(C)(C)C)c4ccc(N(C(=O)OC(C)(C)C)c5ccc(N(C(=O)OC(C)(C)C)c6ccc(N(C(=O)OC(C)(C)C)c7ccc(N(C(=O)OC(C)(C)C)c8ccccc8)cc7)cc6)cc5)cc4)cc3)cc2)cc1. The molecular formula is C94H110N8O16. The second-order valence-corrected chi connectivity index (χ2v) is 35.8. The molecular weight excluding hydrogens is 1500 g/mol. The molecule has 0 aliphatic rings. The molecule has 622 valence electrons. The smallest absolute Gasteiger partial charge is 0.419 e. The van der Waals surface area contributed by atoms with Crippen LogP contribution in [0.1, 0.15) is 166 Å². The van der Waals surface area contributed by atoms with Crippen molar-refractivity contribution >= 4 is 140 Å². The van der Waals surface area contributed by atoms with E-state index in [-0.39, 0.29) is 0 Å². The largest absolute Gasteiger partial charge is 0.443 e. The molecule has 0 fully saturated rings. The molecule has 0 bridgehead atoms. The number of hydrogen-bond acceptors (Lipinski definition) is 16. The van der Waals surface area contributed by atoms with Crippen LogP contribution in [-0.4, -0.2) is 93.6 Å². The van der Waals surface area contributed by atoms with Crippen molar-refractivity contribution in [2.75, 3.05) is 39.2 Å². The first-order valence-corrected chi connectivity index (χ1v) is 38.8. The standard InChI is InChI=1S/C94H110N8O16/c1-87(2,3)111-79(103)95(63-31-27-25-28-32-63)65-35-39-67(40-36-65)97(81(105)113-89(7,8)9)69-43-47-71(48-44-69)99(83(107)115-91(13,14)15)73-51-55-75(56-52-73)101(85(109)117-93(19,20)21)77-59-61-78(62-60-77)102(86(110)118-94(22,23)24)76-57-53-74(54-58-76)100(84(108)116-92(16,17)18)72-49-45-70(46-50-72)98(82(106)114-90(10,11)12)68-41-37-66(38-42-68)96(64-33-29-26-30-34-64)80(104)112-88(4,5)6/h25-62H,1-24H3. The lowest BCUT2D eigenvalue weighted by Gasteiger charge is -2.31. The van der Waals surface area contributed by atoms with Crippen LogP contribution in [0.3, 0.4) is 0 Å². The molecule has 0 saturated heterocycles. The fourth-order valence-corrected chi connectivity index (χ4v) is 11.7. The Morgan fingerprint density at radius 2 is 0.220 bits per heavy atom. The summed E-state index contributed by atoms with van der Waals surface area (Å²) in [5.74, 6) is 0. The van der Waals surface area contributed by atoms with Gasteiger partial charge in [0.05, 0.1) is 91.0 Å². The predicted molar refractivity (Wildman–Crippen MR) is 465 cm³/mol. The number of para-hydroxylation sites is 2. The molecule has 0 spiro atoms. The van der Waals surface area contributed by atoms with Crippen molar-refractivity contribution in [1.82, 2.24) is 0 Å². The monoisotopic (exact) mass is 1610 g/mol.